The molecule has 0 saturated carbocycles. The third-order valence-electron chi connectivity index (χ3n) is 16.0. The lowest BCUT2D eigenvalue weighted by Gasteiger charge is -2.46. The molecule has 4 fully saturated rings. The zero-order valence-corrected chi connectivity index (χ0v) is 59.0. The van der Waals surface area contributed by atoms with Gasteiger partial charge in [-0.1, -0.05) is 64.1 Å². The van der Waals surface area contributed by atoms with Gasteiger partial charge in [-0.3, -0.25) is 24.5 Å². The number of methoxy groups -OCH3 is 5. The van der Waals surface area contributed by atoms with Crippen LogP contribution in [0.3, 0.4) is 0 Å². The summed E-state index contributed by atoms with van der Waals surface area (Å²) in [5, 5.41) is 62.8. The maximum atomic E-state index is 14.5. The van der Waals surface area contributed by atoms with Gasteiger partial charge in [0.25, 0.3) is 0 Å². The number of rotatable bonds is 25. The monoisotopic (exact) mass is 1460 g/mol. The molecular formula is C62H89IN4O22S3. The van der Waals surface area contributed by atoms with E-state index in [-0.39, 0.29) is 83.2 Å². The third kappa shape index (κ3) is 19.0. The van der Waals surface area contributed by atoms with Gasteiger partial charge in [-0.25, -0.2) is 4.79 Å². The summed E-state index contributed by atoms with van der Waals surface area (Å²) >= 11 is 2.81. The lowest BCUT2D eigenvalue weighted by atomic mass is 9.76. The highest BCUT2D eigenvalue weighted by molar-refractivity contribution is 14.1. The van der Waals surface area contributed by atoms with Crippen LogP contribution in [0.2, 0.25) is 0 Å². The average molecular weight is 1470 g/mol. The van der Waals surface area contributed by atoms with Crippen molar-refractivity contribution >= 4 is 78.8 Å². The van der Waals surface area contributed by atoms with Crippen molar-refractivity contribution in [1.29, 1.82) is 0 Å². The fourth-order valence-corrected chi connectivity index (χ4v) is 15.2. The minimum absolute atomic E-state index is 0.0146. The van der Waals surface area contributed by atoms with Crippen LogP contribution >= 0.6 is 55.9 Å². The Morgan fingerprint density at radius 3 is 2.23 bits per heavy atom. The van der Waals surface area contributed by atoms with Crippen molar-refractivity contribution in [2.24, 2.45) is 0 Å². The summed E-state index contributed by atoms with van der Waals surface area (Å²) in [5.41, 5.74) is 1.38. The number of amides is 2. The Bertz CT molecular complexity index is 2930. The van der Waals surface area contributed by atoms with E-state index in [0.717, 1.165) is 18.9 Å². The van der Waals surface area contributed by atoms with Gasteiger partial charge < -0.3 is 92.6 Å². The number of aliphatic hydroxyl groups is 5. The number of terminal acetylenes is 1. The molecule has 4 heterocycles. The number of nitrogens with zero attached hydrogens (tertiary/aromatic N) is 1. The number of nitrogens with one attached hydrogen (secondary N) is 3. The molecule has 514 valence electrons. The van der Waals surface area contributed by atoms with E-state index in [1.165, 1.54) is 66.9 Å². The van der Waals surface area contributed by atoms with Gasteiger partial charge in [-0.15, -0.1) is 6.42 Å². The number of Topliss-reactive ketones (excluding diaryl/α,β-unsaturated/α-hetero) is 1. The van der Waals surface area contributed by atoms with E-state index in [9.17, 15) is 44.7 Å². The number of hydroxylamine groups is 1. The van der Waals surface area contributed by atoms with E-state index in [1.807, 2.05) is 43.4 Å². The number of halogens is 1. The van der Waals surface area contributed by atoms with Crippen LogP contribution in [0.1, 0.15) is 90.1 Å². The van der Waals surface area contributed by atoms with Crippen molar-refractivity contribution in [3.8, 4) is 41.4 Å². The highest BCUT2D eigenvalue weighted by Crippen LogP contribution is 2.49. The molecule has 4 aliphatic heterocycles. The van der Waals surface area contributed by atoms with Crippen molar-refractivity contribution in [2.45, 2.75) is 201 Å². The van der Waals surface area contributed by atoms with E-state index in [4.69, 9.17) is 68.1 Å². The molecule has 2 amide bonds. The van der Waals surface area contributed by atoms with E-state index >= 15 is 0 Å². The Labute approximate surface area is 563 Å². The Kier molecular flexibility index (Phi) is 29.3. The molecule has 1 aromatic rings. The maximum absolute atomic E-state index is 14.5. The summed E-state index contributed by atoms with van der Waals surface area (Å²) in [7, 11) is 12.9. The number of carbonyl (C=O) groups excluding carboxylic acids is 4. The molecule has 26 nitrogen and oxygen atoms in total. The number of hydrogen-bond donors (Lipinski definition) is 8. The van der Waals surface area contributed by atoms with E-state index in [1.54, 1.807) is 55.0 Å². The first-order chi connectivity index (χ1) is 43.5. The average Bonchev–Trinajstić information content (AvgIpc) is 0.773. The summed E-state index contributed by atoms with van der Waals surface area (Å²) < 4.78 is 72.3. The second-order valence-electron chi connectivity index (χ2n) is 23.5. The molecule has 30 heteroatoms. The number of thioether (sulfide) groups is 1. The molecule has 5 aliphatic rings. The normalized spacial score (nSPS) is 32.7. The molecule has 4 saturated heterocycles. The van der Waals surface area contributed by atoms with Gasteiger partial charge in [0.2, 0.25) is 23.1 Å². The molecule has 19 atom stereocenters. The smallest absolute Gasteiger partial charge is 0.411 e. The van der Waals surface area contributed by atoms with E-state index < -0.39 is 137 Å². The third-order valence-corrected chi connectivity index (χ3v) is 21.8. The summed E-state index contributed by atoms with van der Waals surface area (Å²) in [4.78, 5) is 62.2. The van der Waals surface area contributed by atoms with Gasteiger partial charge in [0.1, 0.15) is 36.6 Å². The maximum Gasteiger partial charge on any atom is 0.411 e. The van der Waals surface area contributed by atoms with Crippen LogP contribution in [-0.2, 0) is 57.1 Å². The van der Waals surface area contributed by atoms with Crippen molar-refractivity contribution in [3.05, 3.63) is 49.8 Å². The number of likely N-dealkylation sites (N-methyl/N-ethyl adjacent to an activating group) is 1. The summed E-state index contributed by atoms with van der Waals surface area (Å²) in [6.45, 7) is 14.6. The van der Waals surface area contributed by atoms with Gasteiger partial charge in [-0.05, 0) is 101 Å². The fraction of sp³-hybridized carbons (Fsp3) is 0.677. The second-order valence-corrected chi connectivity index (χ2v) is 28.7. The Morgan fingerprint density at radius 2 is 1.61 bits per heavy atom. The highest BCUT2D eigenvalue weighted by Gasteiger charge is 2.52. The van der Waals surface area contributed by atoms with E-state index in [2.05, 4.69) is 33.9 Å². The Balaban J connectivity index is 1.28. The Hall–Kier alpha value is -3.82. The number of alkyl carbamates (subject to hydrolysis) is 1. The molecule has 1 aliphatic carbocycles. The molecule has 92 heavy (non-hydrogen) atoms. The molecule has 0 spiro atoms. The molecule has 6 rings (SSSR count). The van der Waals surface area contributed by atoms with Gasteiger partial charge in [-0.2, -0.15) is 5.48 Å². The fourth-order valence-electron chi connectivity index (χ4n) is 11.1. The standard InChI is InChI=1S/C62H89IN4O22S3/c1-17-19-20-21-22-38(44-34(23-24-90-92-61(7,8)28-40(70)67(10)11)62(9,76)27-37(69)47(44)65-60(75)81-16)86-59-54(87-41-26-39(77-12)35(29-82-41)64-18-2)49(72)46(31(4)84-59)66-89-42-25-36(68)56(33(6)83-42)91-57(74)43-30(3)45(63)52(55(80-15)51(43)78-13)88-58-50(73)53(79-14)48(71)32(5)85-58/h1,19-20,23,31-33,35-36,38-39,41-42,46,48-50,53-54,56,58-59,64,66,68,71-73,76H,18,24-29H2,2-16H3,(H,65,75)/b20-19-,34-23+/t31-,32+,33-,35+,36+,38+,39+,41+,42+,46-,48+,49+,50-,53-,54-,56-,58+,59+,62+/m1/s1. The number of allylic oxidation sites excluding steroid dienone is 3. The van der Waals surface area contributed by atoms with Crippen LogP contribution in [0.25, 0.3) is 0 Å². The SMILES string of the molecule is C#C/C=C\C#C[C@H](O[C@@H]1O[C@H](C)[C@@H](NO[C@H]2C[C@H](O)[C@H](SC(=O)c3c(C)c(I)c(O[C@@H]4O[C@@H](C)[C@H](O)[C@@H](OC)[C@H]4O)c(OC)c3OC)[C@@H](C)O2)[C@H](O)[C@H]1O[C@H]1C[C@H](OC)[C@@H](NCC)CO1)C1=C(NC(=O)OC)C(=O)C[C@](C)(O)/C1=C/CSSC(C)(C)CC(=O)N(C)C. The number of hydrogen-bond acceptors (Lipinski definition) is 27. The number of ketones is 1. The van der Waals surface area contributed by atoms with Crippen LogP contribution in [0.5, 0.6) is 17.2 Å². The molecule has 1 aromatic carbocycles. The highest BCUT2D eigenvalue weighted by atomic mass is 127. The number of aliphatic hydroxyl groups excluding tert-OH is 4. The molecule has 8 N–H and O–H groups in total. The first kappa shape index (κ1) is 77.2. The second kappa shape index (κ2) is 34.9. The first-order valence-electron chi connectivity index (χ1n) is 29.8. The predicted octanol–water partition coefficient (Wildman–Crippen LogP) is 3.81. The summed E-state index contributed by atoms with van der Waals surface area (Å²) in [6.07, 6.45) is -8.78. The van der Waals surface area contributed by atoms with Crippen molar-refractivity contribution in [2.75, 3.05) is 68.5 Å². The summed E-state index contributed by atoms with van der Waals surface area (Å²) in [5.74, 6) is 7.82. The number of ether oxygens (including phenoxy) is 12. The Morgan fingerprint density at radius 1 is 0.913 bits per heavy atom. The minimum atomic E-state index is -1.87. The van der Waals surface area contributed by atoms with Crippen molar-refractivity contribution in [1.82, 2.24) is 21.0 Å². The molecule has 0 bridgehead atoms. The zero-order chi connectivity index (χ0) is 68.1. The van der Waals surface area contributed by atoms with Crippen LogP contribution in [-0.4, -0.2) is 242 Å². The lowest BCUT2D eigenvalue weighted by Crippen LogP contribution is -2.65. The van der Waals surface area contributed by atoms with Crippen molar-refractivity contribution in [3.63, 3.8) is 0 Å². The molecule has 0 unspecified atom stereocenters. The quantitative estimate of drug-likeness (QED) is 0.0227. The van der Waals surface area contributed by atoms with Gasteiger partial charge >= 0.3 is 6.09 Å². The molecule has 0 radical (unpaired) electrons. The molecular weight excluding hydrogens is 1380 g/mol. The summed E-state index contributed by atoms with van der Waals surface area (Å²) in [6, 6.07) is -1.34. The van der Waals surface area contributed by atoms with Crippen LogP contribution in [0, 0.1) is 34.7 Å². The zero-order valence-electron chi connectivity index (χ0n) is 54.4. The number of carbonyl (C=O) groups is 4. The van der Waals surface area contributed by atoms with Gasteiger partial charge in [0.15, 0.2) is 36.2 Å². The van der Waals surface area contributed by atoms with Gasteiger partial charge in [0, 0.05) is 70.1 Å². The molecule has 0 aromatic heterocycles. The minimum Gasteiger partial charge on any atom is -0.492 e. The first-order valence-corrected chi connectivity index (χ1v) is 34.1. The predicted molar refractivity (Wildman–Crippen MR) is 350 cm³/mol. The van der Waals surface area contributed by atoms with Crippen LogP contribution in [0.4, 0.5) is 4.79 Å². The van der Waals surface area contributed by atoms with Gasteiger partial charge in [0.05, 0.1) is 96.2 Å². The lowest BCUT2D eigenvalue weighted by molar-refractivity contribution is -0.336. The van der Waals surface area contributed by atoms with Crippen molar-refractivity contribution < 1.29 is 106 Å². The van der Waals surface area contributed by atoms with E-state index in [0.29, 0.717) is 15.7 Å². The van der Waals surface area contributed by atoms with Crippen LogP contribution < -0.4 is 30.3 Å². The number of benzene rings is 1. The largest absolute Gasteiger partial charge is 0.492 e. The van der Waals surface area contributed by atoms with Crippen LogP contribution in [0.15, 0.2) is 35.1 Å². The topological polar surface area (TPSA) is 329 Å².